The molecule has 36 heavy (non-hydrogen) atoms. The first-order chi connectivity index (χ1) is 16.2. The number of aromatic nitrogens is 2. The highest BCUT2D eigenvalue weighted by molar-refractivity contribution is 14.1. The van der Waals surface area contributed by atoms with E-state index in [1.165, 1.54) is 6.07 Å². The van der Waals surface area contributed by atoms with Crippen molar-refractivity contribution in [2.45, 2.75) is 97.6 Å². The van der Waals surface area contributed by atoms with Gasteiger partial charge in [0.1, 0.15) is 5.69 Å². The molecule has 0 unspecified atom stereocenters. The van der Waals surface area contributed by atoms with Crippen molar-refractivity contribution in [2.75, 3.05) is 0 Å². The average molecular weight is 633 g/mol. The van der Waals surface area contributed by atoms with Gasteiger partial charge in [-0.3, -0.25) is 14.8 Å². The van der Waals surface area contributed by atoms with Gasteiger partial charge in [0.2, 0.25) is 0 Å². The highest BCUT2D eigenvalue weighted by atomic mass is 127. The van der Waals surface area contributed by atoms with Crippen LogP contribution < -0.4 is 0 Å². The van der Waals surface area contributed by atoms with Gasteiger partial charge in [-0.25, -0.2) is 0 Å². The SMILES string of the molecule is CC(C)c1nc2c(c(I)c1C(=O)c1ccc(C(F)(F)F)nc1)[C@@H](O[Si-](C)(C)C(C)(C)C)CC(C)(C)C2. The zero-order chi connectivity index (χ0) is 27.4. The molecule has 1 atom stereocenters. The van der Waals surface area contributed by atoms with Crippen LogP contribution >= 0.6 is 22.6 Å². The van der Waals surface area contributed by atoms with Gasteiger partial charge in [0, 0.05) is 32.7 Å². The number of pyridine rings is 2. The lowest BCUT2D eigenvalue weighted by Gasteiger charge is -2.53. The minimum absolute atomic E-state index is 0.00996. The minimum atomic E-state index is -4.56. The van der Waals surface area contributed by atoms with Crippen molar-refractivity contribution >= 4 is 36.7 Å². The van der Waals surface area contributed by atoms with Gasteiger partial charge in [0.15, 0.2) is 5.78 Å². The van der Waals surface area contributed by atoms with Gasteiger partial charge in [-0.05, 0) is 67.2 Å². The van der Waals surface area contributed by atoms with Crippen molar-refractivity contribution in [1.29, 1.82) is 0 Å². The van der Waals surface area contributed by atoms with Gasteiger partial charge in [-0.15, -0.1) is 18.1 Å². The third-order valence-corrected chi connectivity index (χ3v) is 12.9. The zero-order valence-corrected chi connectivity index (χ0v) is 25.7. The predicted octanol–water partition coefficient (Wildman–Crippen LogP) is 8.49. The van der Waals surface area contributed by atoms with Gasteiger partial charge >= 0.3 is 6.18 Å². The molecule has 0 radical (unpaired) electrons. The fourth-order valence-electron chi connectivity index (χ4n) is 4.33. The summed E-state index contributed by atoms with van der Waals surface area (Å²) in [7, 11) is -2.15. The largest absolute Gasteiger partial charge is 0.559 e. The number of carbonyl (C=O) groups excluding carboxylic acids is 1. The number of ketones is 1. The van der Waals surface area contributed by atoms with Crippen LogP contribution in [0.2, 0.25) is 18.1 Å². The van der Waals surface area contributed by atoms with E-state index in [0.717, 1.165) is 39.9 Å². The number of hydrogen-bond donors (Lipinski definition) is 0. The second-order valence-corrected chi connectivity index (χ2v) is 18.2. The Morgan fingerprint density at radius 2 is 1.81 bits per heavy atom. The molecule has 0 saturated heterocycles. The Balaban J connectivity index is 2.19. The maximum absolute atomic E-state index is 13.7. The second-order valence-electron chi connectivity index (χ2n) is 12.4. The quantitative estimate of drug-likeness (QED) is 0.189. The van der Waals surface area contributed by atoms with Crippen LogP contribution in [0.1, 0.15) is 105 Å². The van der Waals surface area contributed by atoms with E-state index < -0.39 is 20.2 Å². The molecule has 4 nitrogen and oxygen atoms in total. The molecule has 199 valence electrons. The molecule has 0 saturated carbocycles. The van der Waals surface area contributed by atoms with Crippen molar-refractivity contribution in [3.8, 4) is 0 Å². The molecule has 2 aromatic rings. The fourth-order valence-corrected chi connectivity index (χ4v) is 6.78. The molecule has 0 spiro atoms. The standard InChI is InChI=1S/C27H36F3IN2O2Si/c1-15(2)23-21(24(34)16-10-11-19(32-14-16)27(28,29)30)22(31)20-17(33-23)12-26(6,7)13-18(20)35-36(8,9)25(3,4)5/h10-11,14-15,18H,12-13H2,1-9H3/q-1/t18-/m0/s1. The molecule has 0 aliphatic heterocycles. The van der Waals surface area contributed by atoms with E-state index in [0.29, 0.717) is 11.3 Å². The molecule has 2 heterocycles. The van der Waals surface area contributed by atoms with Crippen LogP contribution in [0.15, 0.2) is 18.3 Å². The van der Waals surface area contributed by atoms with Gasteiger partial charge in [0.05, 0.1) is 11.3 Å². The summed E-state index contributed by atoms with van der Waals surface area (Å²) in [4.78, 5) is 22.3. The van der Waals surface area contributed by atoms with Crippen molar-refractivity contribution in [3.63, 3.8) is 0 Å². The Labute approximate surface area is 227 Å². The Kier molecular flexibility index (Phi) is 7.92. The van der Waals surface area contributed by atoms with Crippen LogP contribution in [0.5, 0.6) is 0 Å². The molecule has 1 aliphatic carbocycles. The predicted molar refractivity (Wildman–Crippen MR) is 147 cm³/mol. The van der Waals surface area contributed by atoms with E-state index in [2.05, 4.69) is 75.3 Å². The molecule has 0 aromatic carbocycles. The van der Waals surface area contributed by atoms with E-state index >= 15 is 0 Å². The van der Waals surface area contributed by atoms with E-state index in [9.17, 15) is 18.0 Å². The van der Waals surface area contributed by atoms with Gasteiger partial charge in [0.25, 0.3) is 0 Å². The topological polar surface area (TPSA) is 52.1 Å². The summed E-state index contributed by atoms with van der Waals surface area (Å²) in [6, 6.07) is 2.05. The monoisotopic (exact) mass is 632 g/mol. The summed E-state index contributed by atoms with van der Waals surface area (Å²) in [5, 5.41) is 0.00996. The lowest BCUT2D eigenvalue weighted by molar-refractivity contribution is -0.141. The van der Waals surface area contributed by atoms with Crippen molar-refractivity contribution in [3.05, 3.63) is 55.7 Å². The van der Waals surface area contributed by atoms with E-state index in [1.54, 1.807) is 0 Å². The third kappa shape index (κ3) is 5.88. The number of halogens is 4. The minimum Gasteiger partial charge on any atom is -0.559 e. The summed E-state index contributed by atoms with van der Waals surface area (Å²) in [6.45, 7) is 19.4. The molecule has 1 aliphatic rings. The van der Waals surface area contributed by atoms with E-state index in [4.69, 9.17) is 9.41 Å². The third-order valence-electron chi connectivity index (χ3n) is 7.32. The van der Waals surface area contributed by atoms with Crippen LogP contribution in [0.4, 0.5) is 13.2 Å². The van der Waals surface area contributed by atoms with Crippen molar-refractivity contribution in [2.24, 2.45) is 5.41 Å². The number of hydrogen-bond acceptors (Lipinski definition) is 4. The van der Waals surface area contributed by atoms with Gasteiger partial charge in [-0.2, -0.15) is 13.2 Å². The Bertz CT molecular complexity index is 1150. The summed E-state index contributed by atoms with van der Waals surface area (Å²) >= 11 is 2.22. The smallest absolute Gasteiger partial charge is 0.433 e. The average Bonchev–Trinajstić information content (AvgIpc) is 2.70. The highest BCUT2D eigenvalue weighted by Crippen LogP contribution is 2.49. The van der Waals surface area contributed by atoms with Gasteiger partial charge in [-0.1, -0.05) is 48.5 Å². The Morgan fingerprint density at radius 1 is 1.19 bits per heavy atom. The normalized spacial score (nSPS) is 18.3. The summed E-state index contributed by atoms with van der Waals surface area (Å²) in [5.74, 6) is -0.412. The first-order valence-corrected chi connectivity index (χ1v) is 16.2. The molecule has 0 amide bonds. The van der Waals surface area contributed by atoms with Crippen LogP contribution in [0, 0.1) is 8.99 Å². The number of nitrogens with zero attached hydrogens (tertiary/aromatic N) is 2. The molecular formula is C27H36F3IN2O2Si-. The molecule has 3 rings (SSSR count). The molecule has 9 heteroatoms. The highest BCUT2D eigenvalue weighted by Gasteiger charge is 2.40. The molecule has 2 aromatic heterocycles. The zero-order valence-electron chi connectivity index (χ0n) is 22.5. The maximum atomic E-state index is 13.7. The Hall–Kier alpha value is -1.33. The van der Waals surface area contributed by atoms with Crippen molar-refractivity contribution in [1.82, 2.24) is 9.97 Å². The lowest BCUT2D eigenvalue weighted by Crippen LogP contribution is -2.44. The van der Waals surface area contributed by atoms with E-state index in [1.807, 2.05) is 13.8 Å². The molecule has 0 bridgehead atoms. The number of carbonyl (C=O) groups is 1. The molecule has 0 N–H and O–H groups in total. The van der Waals surface area contributed by atoms with E-state index in [-0.39, 0.29) is 33.8 Å². The number of rotatable bonds is 5. The Morgan fingerprint density at radius 3 is 2.28 bits per heavy atom. The summed E-state index contributed by atoms with van der Waals surface area (Å²) < 4.78 is 46.8. The van der Waals surface area contributed by atoms with Gasteiger partial charge < -0.3 is 4.43 Å². The summed E-state index contributed by atoms with van der Waals surface area (Å²) in [6.07, 6.45) is -2.18. The van der Waals surface area contributed by atoms with Crippen LogP contribution in [0.3, 0.4) is 0 Å². The molecular weight excluding hydrogens is 596 g/mol. The fraction of sp³-hybridized carbons (Fsp3) is 0.593. The number of alkyl halides is 3. The van der Waals surface area contributed by atoms with Crippen LogP contribution in [-0.4, -0.2) is 24.1 Å². The lowest BCUT2D eigenvalue weighted by atomic mass is 9.74. The van der Waals surface area contributed by atoms with Crippen LogP contribution in [-0.2, 0) is 17.0 Å². The van der Waals surface area contributed by atoms with Crippen molar-refractivity contribution < 1.29 is 22.4 Å². The maximum Gasteiger partial charge on any atom is 0.433 e. The second kappa shape index (κ2) is 9.76. The summed E-state index contributed by atoms with van der Waals surface area (Å²) in [5.41, 5.74) is 2.07. The number of fused-ring (bicyclic) bond motifs is 1. The van der Waals surface area contributed by atoms with Crippen LogP contribution in [0.25, 0.3) is 0 Å². The first kappa shape index (κ1) is 29.2. The molecule has 0 fully saturated rings. The first-order valence-electron chi connectivity index (χ1n) is 12.2.